The monoisotopic (exact) mass is 499 g/mol. The number of benzene rings is 2. The van der Waals surface area contributed by atoms with Crippen molar-refractivity contribution in [2.45, 2.75) is 76.7 Å². The third kappa shape index (κ3) is 7.73. The van der Waals surface area contributed by atoms with Gasteiger partial charge >= 0.3 is 12.4 Å². The average molecular weight is 500 g/mol. The molecule has 1 saturated carbocycles. The minimum Gasteiger partial charge on any atom is -0.300 e. The number of alkyl halides is 6. The Labute approximate surface area is 204 Å². The Hall–Kier alpha value is -2.02. The maximum absolute atomic E-state index is 13.2. The van der Waals surface area contributed by atoms with Gasteiger partial charge in [0.25, 0.3) is 0 Å². The van der Waals surface area contributed by atoms with E-state index in [0.717, 1.165) is 44.3 Å². The molecular weight excluding hydrogens is 464 g/mol. The van der Waals surface area contributed by atoms with Crippen LogP contribution < -0.4 is 0 Å². The summed E-state index contributed by atoms with van der Waals surface area (Å²) in [5, 5.41) is 0. The van der Waals surface area contributed by atoms with E-state index in [4.69, 9.17) is 0 Å². The summed E-state index contributed by atoms with van der Waals surface area (Å²) in [6.07, 6.45) is -6.88. The van der Waals surface area contributed by atoms with E-state index in [1.54, 1.807) is 12.1 Å². The van der Waals surface area contributed by atoms with Crippen molar-refractivity contribution < 1.29 is 26.3 Å². The van der Waals surface area contributed by atoms with Gasteiger partial charge in [0.2, 0.25) is 0 Å². The van der Waals surface area contributed by atoms with Gasteiger partial charge in [0, 0.05) is 12.6 Å². The lowest BCUT2D eigenvalue weighted by Gasteiger charge is -2.29. The van der Waals surface area contributed by atoms with E-state index < -0.39 is 42.9 Å². The number of nitrogens with zero attached hydrogens (tertiary/aromatic N) is 1. The second-order valence-electron chi connectivity index (χ2n) is 9.87. The lowest BCUT2D eigenvalue weighted by atomic mass is 9.94. The first kappa shape index (κ1) is 27.6. The van der Waals surface area contributed by atoms with E-state index in [1.165, 1.54) is 5.56 Å². The fourth-order valence-corrected chi connectivity index (χ4v) is 5.31. The molecule has 1 nitrogen and oxygen atoms in total. The van der Waals surface area contributed by atoms with Crippen molar-refractivity contribution in [3.05, 3.63) is 71.3 Å². The molecule has 1 aliphatic rings. The molecule has 0 amide bonds. The molecule has 7 heteroatoms. The van der Waals surface area contributed by atoms with Gasteiger partial charge in [0.05, 0.1) is 11.8 Å². The lowest BCUT2D eigenvalue weighted by molar-refractivity contribution is -0.245. The summed E-state index contributed by atoms with van der Waals surface area (Å²) in [7, 11) is 0. The molecule has 1 fully saturated rings. The van der Waals surface area contributed by atoms with Gasteiger partial charge in [0.15, 0.2) is 0 Å². The Morgan fingerprint density at radius 1 is 0.771 bits per heavy atom. The maximum atomic E-state index is 13.2. The van der Waals surface area contributed by atoms with E-state index in [0.29, 0.717) is 11.6 Å². The predicted molar refractivity (Wildman–Crippen MR) is 127 cm³/mol. The van der Waals surface area contributed by atoms with E-state index in [-0.39, 0.29) is 0 Å². The molecular formula is C28H35F6N. The Balaban J connectivity index is 1.56. The smallest absolute Gasteiger partial charge is 0.300 e. The summed E-state index contributed by atoms with van der Waals surface area (Å²) in [4.78, 5) is 2.48. The molecule has 3 rings (SSSR count). The summed E-state index contributed by atoms with van der Waals surface area (Å²) in [6, 6.07) is 17.9. The fraction of sp³-hybridized carbons (Fsp3) is 0.571. The van der Waals surface area contributed by atoms with Crippen molar-refractivity contribution in [1.82, 2.24) is 4.90 Å². The molecule has 2 aromatic rings. The Morgan fingerprint density at radius 3 is 1.83 bits per heavy atom. The molecule has 0 spiro atoms. The quantitative estimate of drug-likeness (QED) is 0.298. The maximum Gasteiger partial charge on any atom is 0.392 e. The fourth-order valence-electron chi connectivity index (χ4n) is 5.31. The highest BCUT2D eigenvalue weighted by molar-refractivity contribution is 5.27. The first-order chi connectivity index (χ1) is 16.5. The molecule has 0 aliphatic heterocycles. The van der Waals surface area contributed by atoms with Crippen LogP contribution in [-0.2, 0) is 12.8 Å². The van der Waals surface area contributed by atoms with Gasteiger partial charge in [-0.05, 0) is 74.6 Å². The van der Waals surface area contributed by atoms with Crippen molar-refractivity contribution in [1.29, 1.82) is 0 Å². The van der Waals surface area contributed by atoms with Crippen LogP contribution in [0.25, 0.3) is 0 Å². The van der Waals surface area contributed by atoms with Gasteiger partial charge in [-0.1, -0.05) is 61.5 Å². The highest BCUT2D eigenvalue weighted by Gasteiger charge is 2.59. The molecule has 0 N–H and O–H groups in total. The van der Waals surface area contributed by atoms with Crippen molar-refractivity contribution in [2.75, 3.05) is 13.1 Å². The van der Waals surface area contributed by atoms with Crippen LogP contribution in [0.3, 0.4) is 0 Å². The predicted octanol–water partition coefficient (Wildman–Crippen LogP) is 8.20. The third-order valence-corrected chi connectivity index (χ3v) is 7.37. The second kappa shape index (κ2) is 11.8. The number of hydrogen-bond donors (Lipinski definition) is 0. The molecule has 2 aromatic carbocycles. The first-order valence-electron chi connectivity index (χ1n) is 12.5. The molecule has 3 unspecified atom stereocenters. The number of rotatable bonds is 10. The summed E-state index contributed by atoms with van der Waals surface area (Å²) in [5.41, 5.74) is 2.93. The molecule has 0 radical (unpaired) electrons. The average Bonchev–Trinajstić information content (AvgIpc) is 3.28. The van der Waals surface area contributed by atoms with E-state index in [2.05, 4.69) is 30.9 Å². The molecule has 0 aromatic heterocycles. The van der Waals surface area contributed by atoms with Gasteiger partial charge in [-0.15, -0.1) is 0 Å². The molecule has 0 heterocycles. The Bertz CT molecular complexity index is 868. The SMILES string of the molecule is CCCN(CCc1ccccc1)C(C)CCc1ccc(C2CC(C(F)(F)F)C(C(F)(F)F)C2)cc1. The van der Waals surface area contributed by atoms with Crippen LogP contribution in [0.15, 0.2) is 54.6 Å². The van der Waals surface area contributed by atoms with Crippen LogP contribution in [0, 0.1) is 11.8 Å². The van der Waals surface area contributed by atoms with E-state index in [1.807, 2.05) is 30.3 Å². The van der Waals surface area contributed by atoms with Crippen molar-refractivity contribution in [2.24, 2.45) is 11.8 Å². The van der Waals surface area contributed by atoms with Crippen LogP contribution in [0.5, 0.6) is 0 Å². The third-order valence-electron chi connectivity index (χ3n) is 7.37. The second-order valence-corrected chi connectivity index (χ2v) is 9.87. The number of halogens is 6. The van der Waals surface area contributed by atoms with Crippen LogP contribution in [0.1, 0.15) is 62.1 Å². The van der Waals surface area contributed by atoms with E-state index >= 15 is 0 Å². The van der Waals surface area contributed by atoms with Crippen LogP contribution >= 0.6 is 0 Å². The van der Waals surface area contributed by atoms with Gasteiger partial charge < -0.3 is 4.90 Å². The standard InChI is InChI=1S/C28H35F6N/c1-3-16-35(17-15-21-7-5-4-6-8-21)20(2)9-10-22-11-13-23(14-12-22)24-18-25(27(29,30)31)26(19-24)28(32,33)34/h4-8,11-14,20,24-26H,3,9-10,15-19H2,1-2H3. The number of hydrogen-bond acceptors (Lipinski definition) is 1. The van der Waals surface area contributed by atoms with Crippen LogP contribution in [0.2, 0.25) is 0 Å². The summed E-state index contributed by atoms with van der Waals surface area (Å²) in [6.45, 7) is 6.36. The summed E-state index contributed by atoms with van der Waals surface area (Å²) >= 11 is 0. The van der Waals surface area contributed by atoms with Crippen LogP contribution in [0.4, 0.5) is 26.3 Å². The number of aryl methyl sites for hydroxylation is 1. The molecule has 194 valence electrons. The normalized spacial score (nSPS) is 22.0. The topological polar surface area (TPSA) is 3.24 Å². The summed E-state index contributed by atoms with van der Waals surface area (Å²) in [5.74, 6) is -5.37. The van der Waals surface area contributed by atoms with Crippen molar-refractivity contribution in [3.63, 3.8) is 0 Å². The van der Waals surface area contributed by atoms with Gasteiger partial charge in [-0.3, -0.25) is 0 Å². The zero-order valence-electron chi connectivity index (χ0n) is 20.4. The summed E-state index contributed by atoms with van der Waals surface area (Å²) < 4.78 is 79.4. The highest BCUT2D eigenvalue weighted by atomic mass is 19.4. The van der Waals surface area contributed by atoms with Gasteiger partial charge in [-0.25, -0.2) is 0 Å². The molecule has 3 atom stereocenters. The van der Waals surface area contributed by atoms with Gasteiger partial charge in [-0.2, -0.15) is 26.3 Å². The Kier molecular flexibility index (Phi) is 9.30. The lowest BCUT2D eigenvalue weighted by Crippen LogP contribution is -2.35. The Morgan fingerprint density at radius 2 is 1.31 bits per heavy atom. The minimum absolute atomic E-state index is 0.369. The van der Waals surface area contributed by atoms with Crippen LogP contribution in [-0.4, -0.2) is 36.4 Å². The largest absolute Gasteiger partial charge is 0.392 e. The first-order valence-corrected chi connectivity index (χ1v) is 12.5. The zero-order valence-corrected chi connectivity index (χ0v) is 20.4. The minimum atomic E-state index is -4.84. The van der Waals surface area contributed by atoms with Crippen molar-refractivity contribution in [3.8, 4) is 0 Å². The molecule has 35 heavy (non-hydrogen) atoms. The van der Waals surface area contributed by atoms with Gasteiger partial charge in [0.1, 0.15) is 0 Å². The highest BCUT2D eigenvalue weighted by Crippen LogP contribution is 2.54. The van der Waals surface area contributed by atoms with Crippen molar-refractivity contribution >= 4 is 0 Å². The molecule has 0 bridgehead atoms. The molecule has 1 aliphatic carbocycles. The zero-order chi connectivity index (χ0) is 25.6. The molecule has 0 saturated heterocycles. The van der Waals surface area contributed by atoms with E-state index in [9.17, 15) is 26.3 Å².